The largest absolute Gasteiger partial charge is 0.347 e. The molecule has 1 rings (SSSR count). The van der Waals surface area contributed by atoms with Gasteiger partial charge in [0, 0.05) is 13.0 Å². The predicted molar refractivity (Wildman–Crippen MR) is 78.0 cm³/mol. The number of ketones is 1. The Balaban J connectivity index is 2.12. The molecule has 0 aromatic heterocycles. The first-order chi connectivity index (χ1) is 9.13. The second-order valence-electron chi connectivity index (χ2n) is 4.97. The van der Waals surface area contributed by atoms with Crippen molar-refractivity contribution >= 4 is 23.5 Å². The maximum absolute atomic E-state index is 11.9. The first-order valence-corrected chi connectivity index (χ1v) is 8.18. The van der Waals surface area contributed by atoms with Crippen molar-refractivity contribution in [2.24, 2.45) is 0 Å². The predicted octanol–water partition coefficient (Wildman–Crippen LogP) is 2.81. The molecule has 0 radical (unpaired) electrons. The average molecular weight is 287 g/mol. The van der Waals surface area contributed by atoms with Crippen molar-refractivity contribution in [2.45, 2.75) is 57.8 Å². The van der Waals surface area contributed by atoms with Gasteiger partial charge in [0.1, 0.15) is 18.0 Å². The van der Waals surface area contributed by atoms with E-state index < -0.39 is 0 Å². The van der Waals surface area contributed by atoms with E-state index in [-0.39, 0.29) is 17.1 Å². The summed E-state index contributed by atoms with van der Waals surface area (Å²) in [6, 6.07) is 0. The number of ether oxygens (including phenoxy) is 1. The van der Waals surface area contributed by atoms with E-state index in [9.17, 15) is 9.59 Å². The van der Waals surface area contributed by atoms with E-state index in [4.69, 9.17) is 4.74 Å². The van der Waals surface area contributed by atoms with Gasteiger partial charge < -0.3 is 14.4 Å². The summed E-state index contributed by atoms with van der Waals surface area (Å²) in [6.07, 6.45) is 5.14. The van der Waals surface area contributed by atoms with Crippen LogP contribution in [0, 0.1) is 0 Å². The highest BCUT2D eigenvalue weighted by Crippen LogP contribution is 2.22. The normalized spacial score (nSPS) is 19.8. The fourth-order valence-corrected chi connectivity index (χ4v) is 2.89. The maximum Gasteiger partial charge on any atom is 0.227 e. The van der Waals surface area contributed by atoms with Gasteiger partial charge in [-0.05, 0) is 31.9 Å². The van der Waals surface area contributed by atoms with Gasteiger partial charge in [0.25, 0.3) is 0 Å². The fraction of sp³-hybridized carbons (Fsp3) is 0.857. The Labute approximate surface area is 120 Å². The zero-order valence-electron chi connectivity index (χ0n) is 12.0. The van der Waals surface area contributed by atoms with Crippen molar-refractivity contribution in [3.05, 3.63) is 0 Å². The van der Waals surface area contributed by atoms with Crippen molar-refractivity contribution in [3.8, 4) is 0 Å². The van der Waals surface area contributed by atoms with E-state index in [1.165, 1.54) is 0 Å². The molecule has 0 saturated carbocycles. The maximum atomic E-state index is 11.9. The van der Waals surface area contributed by atoms with Crippen LogP contribution in [0.1, 0.15) is 52.4 Å². The molecule has 0 bridgehead atoms. The van der Waals surface area contributed by atoms with Crippen LogP contribution in [-0.2, 0) is 14.3 Å². The van der Waals surface area contributed by atoms with Crippen LogP contribution in [0.2, 0.25) is 0 Å². The number of hydrogen-bond donors (Lipinski definition) is 0. The first kappa shape index (κ1) is 16.5. The highest BCUT2D eigenvalue weighted by atomic mass is 32.2. The van der Waals surface area contributed by atoms with E-state index >= 15 is 0 Å². The van der Waals surface area contributed by atoms with Gasteiger partial charge in [0.15, 0.2) is 0 Å². The van der Waals surface area contributed by atoms with E-state index in [2.05, 4.69) is 6.92 Å². The molecule has 1 aliphatic heterocycles. The van der Waals surface area contributed by atoms with Gasteiger partial charge in [-0.15, -0.1) is 11.8 Å². The summed E-state index contributed by atoms with van der Waals surface area (Å²) in [6.45, 7) is 4.93. The Morgan fingerprint density at radius 2 is 2.21 bits per heavy atom. The van der Waals surface area contributed by atoms with Crippen molar-refractivity contribution in [1.29, 1.82) is 0 Å². The van der Waals surface area contributed by atoms with E-state index in [1.807, 2.05) is 0 Å². The van der Waals surface area contributed by atoms with Crippen LogP contribution in [0.15, 0.2) is 0 Å². The lowest BCUT2D eigenvalue weighted by atomic mass is 10.1. The number of amides is 1. The summed E-state index contributed by atoms with van der Waals surface area (Å²) in [7, 11) is 0. The quantitative estimate of drug-likeness (QED) is 0.612. The summed E-state index contributed by atoms with van der Waals surface area (Å²) >= 11 is 1.73. The SMILES string of the molecule is CCCSC1CC(=O)N(CCCCCC(C)=O)CO1. The molecule has 1 atom stereocenters. The van der Waals surface area contributed by atoms with Crippen LogP contribution in [-0.4, -0.2) is 41.1 Å². The lowest BCUT2D eigenvalue weighted by molar-refractivity contribution is -0.147. The molecule has 1 fully saturated rings. The third-order valence-corrected chi connectivity index (χ3v) is 4.39. The first-order valence-electron chi connectivity index (χ1n) is 7.14. The summed E-state index contributed by atoms with van der Waals surface area (Å²) in [5.74, 6) is 1.49. The van der Waals surface area contributed by atoms with Crippen molar-refractivity contribution in [3.63, 3.8) is 0 Å². The Kier molecular flexibility index (Phi) is 8.14. The summed E-state index contributed by atoms with van der Waals surface area (Å²) in [4.78, 5) is 24.5. The molecule has 0 N–H and O–H groups in total. The van der Waals surface area contributed by atoms with Gasteiger partial charge in [-0.2, -0.15) is 0 Å². The third-order valence-electron chi connectivity index (χ3n) is 3.07. The molecule has 1 saturated heterocycles. The number of Topliss-reactive ketones (excluding diaryl/α,β-unsaturated/α-hetero) is 1. The van der Waals surface area contributed by atoms with Crippen LogP contribution >= 0.6 is 11.8 Å². The molecule has 1 aliphatic rings. The topological polar surface area (TPSA) is 46.6 Å². The number of carbonyl (C=O) groups excluding carboxylic acids is 2. The fourth-order valence-electron chi connectivity index (χ4n) is 1.97. The van der Waals surface area contributed by atoms with Crippen LogP contribution in [0.25, 0.3) is 0 Å². The molecule has 19 heavy (non-hydrogen) atoms. The average Bonchev–Trinajstić information content (AvgIpc) is 2.37. The zero-order chi connectivity index (χ0) is 14.1. The molecular weight excluding hydrogens is 262 g/mol. The van der Waals surface area contributed by atoms with E-state index in [0.717, 1.165) is 38.0 Å². The number of unbranched alkanes of at least 4 members (excludes halogenated alkanes) is 2. The summed E-state index contributed by atoms with van der Waals surface area (Å²) in [5.41, 5.74) is 0.0430. The molecule has 0 spiro atoms. The lowest BCUT2D eigenvalue weighted by Gasteiger charge is -2.31. The summed E-state index contributed by atoms with van der Waals surface area (Å²) < 4.78 is 5.67. The van der Waals surface area contributed by atoms with E-state index in [0.29, 0.717) is 19.6 Å². The van der Waals surface area contributed by atoms with Crippen LogP contribution in [0.3, 0.4) is 0 Å². The molecule has 0 aromatic carbocycles. The van der Waals surface area contributed by atoms with Crippen LogP contribution < -0.4 is 0 Å². The molecule has 110 valence electrons. The van der Waals surface area contributed by atoms with Gasteiger partial charge >= 0.3 is 0 Å². The van der Waals surface area contributed by atoms with E-state index in [1.54, 1.807) is 23.6 Å². The standard InChI is InChI=1S/C14H25NO3S/c1-3-9-19-14-10-13(17)15(11-18-14)8-6-4-5-7-12(2)16/h14H,3-11H2,1-2H3. The van der Waals surface area contributed by atoms with Gasteiger partial charge in [-0.1, -0.05) is 13.3 Å². The molecule has 4 nitrogen and oxygen atoms in total. The van der Waals surface area contributed by atoms with Crippen molar-refractivity contribution < 1.29 is 14.3 Å². The van der Waals surface area contributed by atoms with Crippen molar-refractivity contribution in [1.82, 2.24) is 4.90 Å². The van der Waals surface area contributed by atoms with Gasteiger partial charge in [0.05, 0.1) is 6.42 Å². The monoisotopic (exact) mass is 287 g/mol. The van der Waals surface area contributed by atoms with Crippen LogP contribution in [0.4, 0.5) is 0 Å². The highest BCUT2D eigenvalue weighted by molar-refractivity contribution is 7.99. The molecule has 0 aromatic rings. The van der Waals surface area contributed by atoms with Crippen molar-refractivity contribution in [2.75, 3.05) is 19.0 Å². The second kappa shape index (κ2) is 9.37. The van der Waals surface area contributed by atoms with Gasteiger partial charge in [-0.25, -0.2) is 0 Å². The number of thioether (sulfide) groups is 1. The second-order valence-corrected chi connectivity index (χ2v) is 6.24. The minimum absolute atomic E-state index is 0.0430. The smallest absolute Gasteiger partial charge is 0.227 e. The van der Waals surface area contributed by atoms with Gasteiger partial charge in [0.2, 0.25) is 5.91 Å². The molecule has 0 aliphatic carbocycles. The Hall–Kier alpha value is -0.550. The van der Waals surface area contributed by atoms with Gasteiger partial charge in [-0.3, -0.25) is 4.79 Å². The number of hydrogen-bond acceptors (Lipinski definition) is 4. The third kappa shape index (κ3) is 6.97. The molecule has 1 heterocycles. The Morgan fingerprint density at radius 3 is 2.84 bits per heavy atom. The molecule has 1 unspecified atom stereocenters. The minimum atomic E-state index is 0.0430. The zero-order valence-corrected chi connectivity index (χ0v) is 12.8. The summed E-state index contributed by atoms with van der Waals surface area (Å²) in [5, 5.41) is 0. The number of rotatable bonds is 9. The Bertz CT molecular complexity index is 296. The number of carbonyl (C=O) groups is 2. The molecule has 1 amide bonds. The van der Waals surface area contributed by atoms with Crippen LogP contribution in [0.5, 0.6) is 0 Å². The lowest BCUT2D eigenvalue weighted by Crippen LogP contribution is -2.42. The molecule has 5 heteroatoms. The molecular formula is C14H25NO3S. The highest BCUT2D eigenvalue weighted by Gasteiger charge is 2.25. The Morgan fingerprint density at radius 1 is 1.42 bits per heavy atom. The minimum Gasteiger partial charge on any atom is -0.347 e. The number of nitrogens with zero attached hydrogens (tertiary/aromatic N) is 1.